The van der Waals surface area contributed by atoms with Crippen molar-refractivity contribution in [2.24, 2.45) is 10.8 Å². The molecule has 9 heteroatoms. The molecule has 218 valence electrons. The van der Waals surface area contributed by atoms with Crippen LogP contribution in [0.25, 0.3) is 11.1 Å². The fourth-order valence-corrected chi connectivity index (χ4v) is 7.22. The second kappa shape index (κ2) is 10.8. The van der Waals surface area contributed by atoms with Gasteiger partial charge >= 0.3 is 6.01 Å². The second-order valence-corrected chi connectivity index (χ2v) is 13.0. The highest BCUT2D eigenvalue weighted by atomic mass is 19.1. The number of nitrogens with zero attached hydrogens (tertiary/aromatic N) is 5. The Labute approximate surface area is 241 Å². The molecule has 0 radical (unpaired) electrons. The van der Waals surface area contributed by atoms with Gasteiger partial charge in [-0.1, -0.05) is 50.4 Å². The van der Waals surface area contributed by atoms with Gasteiger partial charge in [0.25, 0.3) is 0 Å². The summed E-state index contributed by atoms with van der Waals surface area (Å²) in [7, 11) is 1.54. The van der Waals surface area contributed by atoms with Crippen LogP contribution in [0.2, 0.25) is 0 Å². The maximum atomic E-state index is 14.6. The number of aryl methyl sites for hydroxylation is 1. The van der Waals surface area contributed by atoms with Crippen molar-refractivity contribution in [1.82, 2.24) is 20.1 Å². The van der Waals surface area contributed by atoms with Crippen molar-refractivity contribution in [1.29, 1.82) is 0 Å². The van der Waals surface area contributed by atoms with Crippen LogP contribution in [0.5, 0.6) is 6.01 Å². The van der Waals surface area contributed by atoms with E-state index in [9.17, 15) is 9.18 Å². The smallest absolute Gasteiger partial charge is 0.316 e. The minimum Gasteiger partial charge on any atom is -0.467 e. The van der Waals surface area contributed by atoms with E-state index in [4.69, 9.17) is 9.26 Å². The topological polar surface area (TPSA) is 94.2 Å². The van der Waals surface area contributed by atoms with E-state index in [0.29, 0.717) is 37.7 Å². The molecule has 2 bridgehead atoms. The summed E-state index contributed by atoms with van der Waals surface area (Å²) < 4.78 is 25.2. The van der Waals surface area contributed by atoms with Crippen LogP contribution in [0.4, 0.5) is 10.1 Å². The zero-order chi connectivity index (χ0) is 28.7. The summed E-state index contributed by atoms with van der Waals surface area (Å²) in [5, 5.41) is 4.12. The van der Waals surface area contributed by atoms with E-state index >= 15 is 0 Å². The number of amides is 1. The minimum absolute atomic E-state index is 0.00895. The van der Waals surface area contributed by atoms with Crippen molar-refractivity contribution in [2.75, 3.05) is 18.6 Å². The van der Waals surface area contributed by atoms with Gasteiger partial charge < -0.3 is 14.2 Å². The number of benzene rings is 1. The number of aromatic nitrogens is 4. The number of carbonyl (C=O) groups excluding carboxylic acids is 1. The lowest BCUT2D eigenvalue weighted by molar-refractivity contribution is -0.211. The Hall–Kier alpha value is -3.36. The number of ether oxygens (including phenoxy) is 1. The van der Waals surface area contributed by atoms with E-state index in [1.807, 2.05) is 29.2 Å². The van der Waals surface area contributed by atoms with E-state index in [0.717, 1.165) is 67.6 Å². The van der Waals surface area contributed by atoms with Crippen molar-refractivity contribution in [3.05, 3.63) is 48.4 Å². The van der Waals surface area contributed by atoms with E-state index in [-0.39, 0.29) is 17.2 Å². The van der Waals surface area contributed by atoms with Gasteiger partial charge in [-0.2, -0.15) is 4.98 Å². The number of halogens is 1. The van der Waals surface area contributed by atoms with Crippen molar-refractivity contribution in [3.8, 4) is 17.1 Å². The fourth-order valence-electron chi connectivity index (χ4n) is 7.22. The summed E-state index contributed by atoms with van der Waals surface area (Å²) in [6, 6.07) is 8.34. The lowest BCUT2D eigenvalue weighted by atomic mass is 9.41. The summed E-state index contributed by atoms with van der Waals surface area (Å²) in [6.07, 6.45) is 12.8. The van der Waals surface area contributed by atoms with Crippen LogP contribution in [0.3, 0.4) is 0 Å². The van der Waals surface area contributed by atoms with Gasteiger partial charge in [-0.25, -0.2) is 14.4 Å². The number of methoxy groups -OCH3 is 1. The monoisotopic (exact) mass is 561 g/mol. The van der Waals surface area contributed by atoms with Gasteiger partial charge in [-0.3, -0.25) is 4.79 Å². The predicted molar refractivity (Wildman–Crippen MR) is 153 cm³/mol. The fraction of sp³-hybridized carbons (Fsp3) is 0.594. The molecule has 7 rings (SSSR count). The van der Waals surface area contributed by atoms with Crippen LogP contribution in [-0.2, 0) is 11.2 Å². The summed E-state index contributed by atoms with van der Waals surface area (Å²) in [4.78, 5) is 29.3. The number of alkyl halides is 1. The van der Waals surface area contributed by atoms with Crippen LogP contribution in [0.1, 0.15) is 95.7 Å². The number of hydrogen-bond acceptors (Lipinski definition) is 7. The zero-order valence-corrected chi connectivity index (χ0v) is 24.4. The summed E-state index contributed by atoms with van der Waals surface area (Å²) in [5.74, 6) is 1.74. The Balaban J connectivity index is 1.26. The first kappa shape index (κ1) is 27.8. The molecule has 8 nitrogen and oxygen atoms in total. The van der Waals surface area contributed by atoms with Gasteiger partial charge in [0.1, 0.15) is 5.67 Å². The molecule has 1 amide bonds. The van der Waals surface area contributed by atoms with Crippen LogP contribution >= 0.6 is 0 Å². The van der Waals surface area contributed by atoms with Gasteiger partial charge in [0, 0.05) is 42.5 Å². The third-order valence-corrected chi connectivity index (χ3v) is 9.47. The number of hydrogen-bond donors (Lipinski definition) is 0. The molecule has 41 heavy (non-hydrogen) atoms. The Morgan fingerprint density at radius 2 is 1.83 bits per heavy atom. The zero-order valence-electron chi connectivity index (χ0n) is 24.4. The lowest BCUT2D eigenvalue weighted by Gasteiger charge is -2.65. The van der Waals surface area contributed by atoms with Crippen molar-refractivity contribution < 1.29 is 18.4 Å². The molecule has 4 saturated carbocycles. The Bertz CT molecular complexity index is 1360. The Morgan fingerprint density at radius 3 is 2.46 bits per heavy atom. The highest BCUT2D eigenvalue weighted by Crippen LogP contribution is 2.70. The van der Waals surface area contributed by atoms with Gasteiger partial charge in [0.2, 0.25) is 11.8 Å². The quantitative estimate of drug-likeness (QED) is 0.252. The molecule has 0 unspecified atom stereocenters. The van der Waals surface area contributed by atoms with Gasteiger partial charge in [0.05, 0.1) is 12.5 Å². The molecular formula is C32H40FN5O3. The molecule has 4 fully saturated rings. The van der Waals surface area contributed by atoms with Crippen molar-refractivity contribution in [2.45, 2.75) is 96.1 Å². The van der Waals surface area contributed by atoms with Gasteiger partial charge in [-0.05, 0) is 68.1 Å². The SMILES string of the molecule is COc1ncc(-c2cccc(N(CC3(CCCc4nc(C(C)C)no4)CCCCC3)C(=O)C34CC(F)(C3)C4)c2)cn1. The Morgan fingerprint density at radius 1 is 1.10 bits per heavy atom. The molecule has 3 aromatic rings. The molecule has 2 aromatic heterocycles. The minimum atomic E-state index is -1.13. The molecule has 1 aromatic carbocycles. The number of rotatable bonds is 11. The van der Waals surface area contributed by atoms with Gasteiger partial charge in [0.15, 0.2) is 5.82 Å². The van der Waals surface area contributed by atoms with E-state index in [2.05, 4.69) is 34.0 Å². The molecule has 2 heterocycles. The van der Waals surface area contributed by atoms with Crippen LogP contribution < -0.4 is 9.64 Å². The first-order valence-corrected chi connectivity index (χ1v) is 15.0. The summed E-state index contributed by atoms with van der Waals surface area (Å²) in [5.41, 5.74) is 0.930. The molecule has 0 atom stereocenters. The lowest BCUT2D eigenvalue weighted by Crippen LogP contribution is -2.71. The summed E-state index contributed by atoms with van der Waals surface area (Å²) >= 11 is 0. The number of anilines is 1. The average Bonchev–Trinajstić information content (AvgIpc) is 3.43. The summed E-state index contributed by atoms with van der Waals surface area (Å²) in [6.45, 7) is 4.76. The molecule has 0 saturated heterocycles. The molecule has 0 aliphatic heterocycles. The molecular weight excluding hydrogens is 521 g/mol. The largest absolute Gasteiger partial charge is 0.467 e. The highest BCUT2D eigenvalue weighted by Gasteiger charge is 2.73. The van der Waals surface area contributed by atoms with Crippen molar-refractivity contribution >= 4 is 11.6 Å². The first-order valence-electron chi connectivity index (χ1n) is 15.0. The van der Waals surface area contributed by atoms with E-state index in [1.54, 1.807) is 12.4 Å². The normalized spacial score (nSPS) is 24.4. The van der Waals surface area contributed by atoms with Crippen molar-refractivity contribution in [3.63, 3.8) is 0 Å². The van der Waals surface area contributed by atoms with E-state index in [1.165, 1.54) is 13.5 Å². The highest BCUT2D eigenvalue weighted by molar-refractivity contribution is 6.00. The van der Waals surface area contributed by atoms with Gasteiger partial charge in [-0.15, -0.1) is 0 Å². The third kappa shape index (κ3) is 5.47. The molecule has 0 N–H and O–H groups in total. The Kier molecular flexibility index (Phi) is 7.32. The molecule has 4 aliphatic rings. The van der Waals surface area contributed by atoms with Crippen LogP contribution in [0.15, 0.2) is 41.2 Å². The van der Waals surface area contributed by atoms with Crippen LogP contribution in [0, 0.1) is 10.8 Å². The number of carbonyl (C=O) groups is 1. The standard InChI is InChI=1S/C32H40FN5O3/c1-22(2)27-36-26(41-37-27)11-8-14-30(12-5-4-6-13-30)21-38(28(39)31-18-32(33,19-31)20-31)25-10-7-9-23(15-25)24-16-34-29(40-3)35-17-24/h7,9-10,15-17,22H,4-6,8,11-14,18-21H2,1-3H3. The van der Waals surface area contributed by atoms with Crippen LogP contribution in [-0.4, -0.2) is 45.3 Å². The third-order valence-electron chi connectivity index (χ3n) is 9.47. The average molecular weight is 562 g/mol. The predicted octanol–water partition coefficient (Wildman–Crippen LogP) is 6.86. The first-order chi connectivity index (χ1) is 19.7. The molecule has 0 spiro atoms. The molecule has 4 aliphatic carbocycles. The second-order valence-electron chi connectivity index (χ2n) is 13.0. The maximum Gasteiger partial charge on any atom is 0.316 e. The maximum absolute atomic E-state index is 14.6. The van der Waals surface area contributed by atoms with E-state index < -0.39 is 11.1 Å².